The Balaban J connectivity index is 1.62. The van der Waals surface area contributed by atoms with Crippen LogP contribution in [0, 0.1) is 6.92 Å². The zero-order chi connectivity index (χ0) is 27.4. The Bertz CT molecular complexity index is 1570. The summed E-state index contributed by atoms with van der Waals surface area (Å²) in [7, 11) is 0. The highest BCUT2D eigenvalue weighted by atomic mass is 16.5. The van der Waals surface area contributed by atoms with Gasteiger partial charge in [-0.15, -0.1) is 0 Å². The van der Waals surface area contributed by atoms with E-state index in [0.29, 0.717) is 22.3 Å². The van der Waals surface area contributed by atoms with E-state index in [0.717, 1.165) is 16.8 Å². The van der Waals surface area contributed by atoms with Crippen LogP contribution in [0.2, 0.25) is 0 Å². The molecule has 2 aromatic heterocycles. The fraction of sp³-hybridized carbons (Fsp3) is 0.222. The number of hydrogen-bond donors (Lipinski definition) is 2. The average Bonchev–Trinajstić information content (AvgIpc) is 3.35. The van der Waals surface area contributed by atoms with E-state index in [9.17, 15) is 19.2 Å². The van der Waals surface area contributed by atoms with Gasteiger partial charge >= 0.3 is 18.0 Å². The maximum Gasteiger partial charge on any atom is 0.362 e. The van der Waals surface area contributed by atoms with Crippen LogP contribution in [0.15, 0.2) is 59.7 Å². The molecule has 38 heavy (non-hydrogen) atoms. The van der Waals surface area contributed by atoms with Crippen LogP contribution in [0.25, 0.3) is 16.7 Å². The van der Waals surface area contributed by atoms with Crippen molar-refractivity contribution in [3.63, 3.8) is 0 Å². The van der Waals surface area contributed by atoms with Crippen LogP contribution < -0.4 is 16.2 Å². The summed E-state index contributed by atoms with van der Waals surface area (Å²) in [6.07, 6.45) is 3.67. The number of anilines is 1. The third kappa shape index (κ3) is 5.41. The molecule has 0 aliphatic rings. The Morgan fingerprint density at radius 1 is 1.03 bits per heavy atom. The molecule has 0 saturated carbocycles. The number of carbonyl (C=O) groups excluding carboxylic acids is 3. The molecule has 0 bridgehead atoms. The fourth-order valence-electron chi connectivity index (χ4n) is 4.00. The van der Waals surface area contributed by atoms with Crippen molar-refractivity contribution < 1.29 is 23.9 Å². The first-order valence-corrected chi connectivity index (χ1v) is 11.9. The molecule has 4 rings (SSSR count). The van der Waals surface area contributed by atoms with Gasteiger partial charge in [-0.05, 0) is 74.4 Å². The number of nitrogens with two attached hydrogens (primary N) is 1. The van der Waals surface area contributed by atoms with E-state index >= 15 is 0 Å². The number of aromatic amines is 1. The molecule has 11 nitrogen and oxygen atoms in total. The van der Waals surface area contributed by atoms with Crippen LogP contribution in [-0.4, -0.2) is 45.7 Å². The molecule has 4 aromatic rings. The molecule has 3 N–H and O–H groups in total. The summed E-state index contributed by atoms with van der Waals surface area (Å²) in [6.45, 7) is 5.84. The molecule has 0 radical (unpaired) electrons. The first-order chi connectivity index (χ1) is 18.2. The number of hydrogen-bond acceptors (Lipinski definition) is 7. The highest BCUT2D eigenvalue weighted by Crippen LogP contribution is 2.23. The smallest absolute Gasteiger partial charge is 0.362 e. The average molecular weight is 518 g/mol. The number of rotatable bonds is 8. The summed E-state index contributed by atoms with van der Waals surface area (Å²) < 4.78 is 11.8. The van der Waals surface area contributed by atoms with Gasteiger partial charge < -0.3 is 24.8 Å². The van der Waals surface area contributed by atoms with Crippen molar-refractivity contribution in [1.82, 2.24) is 14.5 Å². The van der Waals surface area contributed by atoms with Crippen LogP contribution in [0.3, 0.4) is 0 Å². The highest BCUT2D eigenvalue weighted by molar-refractivity contribution is 5.93. The third-order valence-electron chi connectivity index (χ3n) is 5.81. The number of esters is 2. The second kappa shape index (κ2) is 11.0. The molecule has 2 amide bonds. The van der Waals surface area contributed by atoms with Gasteiger partial charge in [0.2, 0.25) is 5.69 Å². The Morgan fingerprint density at radius 3 is 2.37 bits per heavy atom. The molecular weight excluding hydrogens is 490 g/mol. The maximum absolute atomic E-state index is 12.3. The van der Waals surface area contributed by atoms with Gasteiger partial charge in [-0.2, -0.15) is 0 Å². The molecule has 196 valence electrons. The molecule has 2 aromatic carbocycles. The van der Waals surface area contributed by atoms with Gasteiger partial charge in [0.05, 0.1) is 42.0 Å². The molecule has 0 aliphatic carbocycles. The number of aryl methyl sites for hydroxylation is 1. The predicted molar refractivity (Wildman–Crippen MR) is 141 cm³/mol. The molecule has 0 saturated heterocycles. The number of H-pyrrole nitrogens is 1. The summed E-state index contributed by atoms with van der Waals surface area (Å²) in [5, 5.41) is 0. The van der Waals surface area contributed by atoms with E-state index in [1.54, 1.807) is 50.2 Å². The first-order valence-electron chi connectivity index (χ1n) is 11.9. The Kier molecular flexibility index (Phi) is 7.56. The number of fused-ring (bicyclic) bond motifs is 1. The molecule has 0 unspecified atom stereocenters. The van der Waals surface area contributed by atoms with Crippen molar-refractivity contribution in [2.45, 2.75) is 27.3 Å². The van der Waals surface area contributed by atoms with Crippen molar-refractivity contribution >= 4 is 34.7 Å². The monoisotopic (exact) mass is 517 g/mol. The minimum absolute atomic E-state index is 0.126. The number of benzene rings is 2. The lowest BCUT2D eigenvalue weighted by Crippen LogP contribution is -2.35. The zero-order valence-electron chi connectivity index (χ0n) is 21.2. The molecular formula is C27H27N5O6. The van der Waals surface area contributed by atoms with Crippen molar-refractivity contribution in [2.75, 3.05) is 18.1 Å². The van der Waals surface area contributed by atoms with E-state index in [4.69, 9.17) is 15.2 Å². The lowest BCUT2D eigenvalue weighted by molar-refractivity contribution is 0.0511. The van der Waals surface area contributed by atoms with Gasteiger partial charge in [-0.25, -0.2) is 19.4 Å². The summed E-state index contributed by atoms with van der Waals surface area (Å²) in [5.74, 6) is -1.23. The summed E-state index contributed by atoms with van der Waals surface area (Å²) >= 11 is 0. The van der Waals surface area contributed by atoms with E-state index in [2.05, 4.69) is 9.97 Å². The number of nitrogens with one attached hydrogen (secondary N) is 1. The third-order valence-corrected chi connectivity index (χ3v) is 5.81. The Labute approximate surface area is 217 Å². The van der Waals surface area contributed by atoms with Gasteiger partial charge in [0.15, 0.2) is 0 Å². The molecule has 0 aliphatic heterocycles. The molecule has 0 atom stereocenters. The summed E-state index contributed by atoms with van der Waals surface area (Å²) in [4.78, 5) is 56.9. The summed E-state index contributed by atoms with van der Waals surface area (Å²) in [6, 6.07) is 11.1. The van der Waals surface area contributed by atoms with E-state index < -0.39 is 23.5 Å². The van der Waals surface area contributed by atoms with Crippen molar-refractivity contribution in [1.29, 1.82) is 0 Å². The van der Waals surface area contributed by atoms with Gasteiger partial charge in [-0.1, -0.05) is 0 Å². The number of urea groups is 1. The fourth-order valence-corrected chi connectivity index (χ4v) is 4.00. The highest BCUT2D eigenvalue weighted by Gasteiger charge is 2.18. The molecule has 0 fully saturated rings. The number of nitrogens with zero attached hydrogens (tertiary/aromatic N) is 3. The Morgan fingerprint density at radius 2 is 1.71 bits per heavy atom. The van der Waals surface area contributed by atoms with E-state index in [1.165, 1.54) is 4.90 Å². The minimum atomic E-state index is -0.789. The standard InChI is InChI=1S/C27H27N5O6/c1-4-37-25(34)18-6-8-19(9-7-18)32(27(28)36)15-17-10-11-31(14-17)22-13-21-20(12-16(22)3)30-24(33)23(29-21)26(35)38-5-2/h6-14H,4-5,15H2,1-3H3,(H2,28,36)(H,30,33). The summed E-state index contributed by atoms with van der Waals surface area (Å²) in [5.41, 5.74) is 8.94. The van der Waals surface area contributed by atoms with E-state index in [-0.39, 0.29) is 25.5 Å². The predicted octanol–water partition coefficient (Wildman–Crippen LogP) is 3.46. The number of primary amides is 1. The van der Waals surface area contributed by atoms with Gasteiger partial charge in [0.25, 0.3) is 5.56 Å². The number of ether oxygens (including phenoxy) is 2. The van der Waals surface area contributed by atoms with Gasteiger partial charge in [-0.3, -0.25) is 9.69 Å². The lowest BCUT2D eigenvalue weighted by atomic mass is 10.1. The van der Waals surface area contributed by atoms with Crippen molar-refractivity contribution in [3.05, 3.63) is 87.6 Å². The quantitative estimate of drug-likeness (QED) is 0.340. The maximum atomic E-state index is 12.3. The van der Waals surface area contributed by atoms with Gasteiger partial charge in [0.1, 0.15) is 0 Å². The number of carbonyl (C=O) groups is 3. The van der Waals surface area contributed by atoms with Crippen LogP contribution >= 0.6 is 0 Å². The van der Waals surface area contributed by atoms with Gasteiger partial charge in [0, 0.05) is 18.1 Å². The normalized spacial score (nSPS) is 10.8. The molecule has 11 heteroatoms. The van der Waals surface area contributed by atoms with Crippen molar-refractivity contribution in [2.24, 2.45) is 5.73 Å². The number of aromatic nitrogens is 3. The van der Waals surface area contributed by atoms with E-state index in [1.807, 2.05) is 30.0 Å². The molecule has 0 spiro atoms. The van der Waals surface area contributed by atoms with Crippen LogP contribution in [-0.2, 0) is 16.0 Å². The topological polar surface area (TPSA) is 150 Å². The molecule has 2 heterocycles. The zero-order valence-corrected chi connectivity index (χ0v) is 21.2. The Hall–Kier alpha value is -4.93. The first kappa shape index (κ1) is 26.1. The minimum Gasteiger partial charge on any atom is -0.462 e. The second-order valence-corrected chi connectivity index (χ2v) is 8.41. The second-order valence-electron chi connectivity index (χ2n) is 8.41. The van der Waals surface area contributed by atoms with Crippen LogP contribution in [0.4, 0.5) is 10.5 Å². The van der Waals surface area contributed by atoms with Crippen LogP contribution in [0.5, 0.6) is 0 Å². The lowest BCUT2D eigenvalue weighted by Gasteiger charge is -2.20. The largest absolute Gasteiger partial charge is 0.462 e. The van der Waals surface area contributed by atoms with Crippen molar-refractivity contribution in [3.8, 4) is 5.69 Å². The SMILES string of the molecule is CCOC(=O)c1ccc(N(Cc2ccn(-c3cc4nc(C(=O)OCC)c(=O)[nH]c4cc3C)c2)C(N)=O)cc1. The van der Waals surface area contributed by atoms with Crippen LogP contribution in [0.1, 0.15) is 45.8 Å². The number of amides is 2.